The molecule has 2 aliphatic rings. The van der Waals surface area contributed by atoms with Gasteiger partial charge in [0.05, 0.1) is 30.3 Å². The van der Waals surface area contributed by atoms with E-state index < -0.39 is 5.97 Å². The van der Waals surface area contributed by atoms with E-state index in [4.69, 9.17) is 5.11 Å². The Bertz CT molecular complexity index is 702. The lowest BCUT2D eigenvalue weighted by Gasteiger charge is -2.42. The molecule has 2 heterocycles. The number of rotatable bonds is 6. The summed E-state index contributed by atoms with van der Waals surface area (Å²) < 4.78 is 0.499. The fourth-order valence-electron chi connectivity index (χ4n) is 3.25. The second-order valence-corrected chi connectivity index (χ2v) is 7.80. The Morgan fingerprint density at radius 2 is 1.96 bits per heavy atom. The van der Waals surface area contributed by atoms with Gasteiger partial charge < -0.3 is 10.2 Å². The molecule has 6 nitrogen and oxygen atoms in total. The first-order valence-corrected chi connectivity index (χ1v) is 8.70. The molecule has 1 fully saturated rings. The minimum atomic E-state index is -1.07. The number of likely N-dealkylation sites (N-methyl/N-ethyl adjacent to an activating group) is 1. The number of carboxylic acid groups (broad SMARTS) is 1. The van der Waals surface area contributed by atoms with Crippen LogP contribution in [-0.2, 0) is 9.59 Å². The molecule has 0 aromatic heterocycles. The molecule has 2 aliphatic heterocycles. The van der Waals surface area contributed by atoms with Crippen molar-refractivity contribution in [3.05, 3.63) is 40.9 Å². The van der Waals surface area contributed by atoms with Crippen LogP contribution in [0.3, 0.4) is 0 Å². The number of para-hydroxylation sites is 1. The molecule has 2 N–H and O–H groups in total. The van der Waals surface area contributed by atoms with Crippen LogP contribution in [0, 0.1) is 5.92 Å². The normalized spacial score (nSPS) is 23.3. The number of aliphatic carboxylic acids is 1. The molecule has 1 saturated heterocycles. The van der Waals surface area contributed by atoms with Gasteiger partial charge in [0.2, 0.25) is 5.91 Å². The molecule has 24 heavy (non-hydrogen) atoms. The zero-order valence-corrected chi connectivity index (χ0v) is 14.5. The van der Waals surface area contributed by atoms with Crippen LogP contribution in [-0.4, -0.2) is 59.6 Å². The minimum absolute atomic E-state index is 0.0649. The van der Waals surface area contributed by atoms with E-state index in [1.807, 2.05) is 44.4 Å². The van der Waals surface area contributed by atoms with Gasteiger partial charge in [-0.2, -0.15) is 0 Å². The van der Waals surface area contributed by atoms with Crippen molar-refractivity contribution in [3.8, 4) is 0 Å². The molecule has 0 spiro atoms. The zero-order chi connectivity index (χ0) is 17.5. The maximum Gasteiger partial charge on any atom is 0.353 e. The van der Waals surface area contributed by atoms with Crippen molar-refractivity contribution in [2.24, 2.45) is 5.92 Å². The van der Waals surface area contributed by atoms with Crippen molar-refractivity contribution < 1.29 is 19.8 Å². The lowest BCUT2D eigenvalue weighted by molar-refractivity contribution is -0.152. The van der Waals surface area contributed by atoms with E-state index in [9.17, 15) is 14.7 Å². The van der Waals surface area contributed by atoms with E-state index in [1.54, 1.807) is 0 Å². The number of benzene rings is 1. The number of aliphatic hydroxyl groups is 1. The SMILES string of the molecule is C[N+](C)(CC1=C(C(=O)O)N2C(=O)[C@H](CCO)[C@H]2S1)c1ccccc1. The Kier molecular flexibility index (Phi) is 4.42. The summed E-state index contributed by atoms with van der Waals surface area (Å²) >= 11 is 1.45. The number of carbonyl (C=O) groups excluding carboxylic acids is 1. The van der Waals surface area contributed by atoms with Crippen LogP contribution in [0.2, 0.25) is 0 Å². The predicted molar refractivity (Wildman–Crippen MR) is 93.0 cm³/mol. The summed E-state index contributed by atoms with van der Waals surface area (Å²) in [7, 11) is 4.04. The van der Waals surface area contributed by atoms with E-state index in [0.717, 1.165) is 10.6 Å². The van der Waals surface area contributed by atoms with E-state index in [0.29, 0.717) is 17.4 Å². The number of hydrogen-bond acceptors (Lipinski definition) is 4. The highest BCUT2D eigenvalue weighted by molar-refractivity contribution is 8.04. The van der Waals surface area contributed by atoms with E-state index in [1.165, 1.54) is 16.7 Å². The zero-order valence-electron chi connectivity index (χ0n) is 13.7. The van der Waals surface area contributed by atoms with Gasteiger partial charge in [-0.3, -0.25) is 14.2 Å². The van der Waals surface area contributed by atoms with E-state index >= 15 is 0 Å². The van der Waals surface area contributed by atoms with Gasteiger partial charge in [0.15, 0.2) is 0 Å². The number of quaternary nitrogens is 1. The third kappa shape index (κ3) is 2.72. The summed E-state index contributed by atoms with van der Waals surface area (Å²) in [6.45, 7) is 0.438. The first kappa shape index (κ1) is 17.0. The van der Waals surface area contributed by atoms with Crippen molar-refractivity contribution in [1.29, 1.82) is 0 Å². The van der Waals surface area contributed by atoms with Crippen molar-refractivity contribution in [2.75, 3.05) is 27.2 Å². The highest BCUT2D eigenvalue weighted by atomic mass is 32.2. The third-order valence-electron chi connectivity index (χ3n) is 4.56. The predicted octanol–water partition coefficient (Wildman–Crippen LogP) is 1.46. The number of amides is 1. The van der Waals surface area contributed by atoms with Gasteiger partial charge in [0.25, 0.3) is 0 Å². The van der Waals surface area contributed by atoms with E-state index in [2.05, 4.69) is 0 Å². The summed E-state index contributed by atoms with van der Waals surface area (Å²) in [6, 6.07) is 9.87. The highest BCUT2D eigenvalue weighted by Crippen LogP contribution is 2.50. The summed E-state index contributed by atoms with van der Waals surface area (Å²) in [6.07, 6.45) is 0.379. The number of thioether (sulfide) groups is 1. The maximum absolute atomic E-state index is 12.2. The lowest BCUT2D eigenvalue weighted by atomic mass is 9.94. The smallest absolute Gasteiger partial charge is 0.353 e. The Balaban J connectivity index is 1.87. The van der Waals surface area contributed by atoms with Gasteiger partial charge in [0.1, 0.15) is 17.9 Å². The number of carbonyl (C=O) groups is 2. The van der Waals surface area contributed by atoms with Crippen LogP contribution in [0.15, 0.2) is 40.9 Å². The topological polar surface area (TPSA) is 77.8 Å². The van der Waals surface area contributed by atoms with Gasteiger partial charge in [-0.15, -0.1) is 0 Å². The molecule has 1 amide bonds. The summed E-state index contributed by atoms with van der Waals surface area (Å²) in [5, 5.41) is 18.5. The molecule has 2 atom stereocenters. The average molecular weight is 349 g/mol. The molecule has 0 unspecified atom stereocenters. The second-order valence-electron chi connectivity index (χ2n) is 6.59. The molecule has 0 saturated carbocycles. The number of fused-ring (bicyclic) bond motifs is 1. The molecule has 0 bridgehead atoms. The third-order valence-corrected chi connectivity index (χ3v) is 5.95. The monoisotopic (exact) mass is 349 g/mol. The lowest BCUT2D eigenvalue weighted by Crippen LogP contribution is -2.57. The number of carboxylic acids is 1. The number of hydrogen-bond donors (Lipinski definition) is 2. The van der Waals surface area contributed by atoms with Crippen LogP contribution in [0.5, 0.6) is 0 Å². The van der Waals surface area contributed by atoms with Crippen LogP contribution < -0.4 is 4.48 Å². The quantitative estimate of drug-likeness (QED) is 0.601. The standard InChI is InChI=1S/C17H20N2O4S/c1-19(2,11-6-4-3-5-7-11)10-13-14(17(22)23)18-15(21)12(8-9-20)16(18)24-13/h3-7,12,16,20H,8-10H2,1-2H3/p+1/t12-,16+/m0/s1. The molecule has 1 aromatic carbocycles. The van der Waals surface area contributed by atoms with Crippen LogP contribution >= 0.6 is 11.8 Å². The number of nitrogens with zero attached hydrogens (tertiary/aromatic N) is 2. The molecule has 0 radical (unpaired) electrons. The Morgan fingerprint density at radius 1 is 1.29 bits per heavy atom. The highest BCUT2D eigenvalue weighted by Gasteiger charge is 2.56. The Morgan fingerprint density at radius 3 is 2.54 bits per heavy atom. The summed E-state index contributed by atoms with van der Waals surface area (Å²) in [5.74, 6) is -1.55. The van der Waals surface area contributed by atoms with Crippen molar-refractivity contribution in [3.63, 3.8) is 0 Å². The largest absolute Gasteiger partial charge is 0.477 e. The Hall–Kier alpha value is -1.83. The van der Waals surface area contributed by atoms with Gasteiger partial charge in [-0.1, -0.05) is 30.0 Å². The maximum atomic E-state index is 12.2. The van der Waals surface area contributed by atoms with E-state index in [-0.39, 0.29) is 29.5 Å². The number of aliphatic hydroxyl groups excluding tert-OH is 1. The van der Waals surface area contributed by atoms with Gasteiger partial charge in [-0.05, 0) is 18.6 Å². The second kappa shape index (κ2) is 6.23. The first-order valence-electron chi connectivity index (χ1n) is 7.82. The molecule has 0 aliphatic carbocycles. The van der Waals surface area contributed by atoms with Crippen molar-refractivity contribution >= 4 is 29.3 Å². The molecule has 3 rings (SSSR count). The Labute approximate surface area is 145 Å². The van der Waals surface area contributed by atoms with Crippen LogP contribution in [0.25, 0.3) is 0 Å². The van der Waals surface area contributed by atoms with Crippen LogP contribution in [0.4, 0.5) is 5.69 Å². The van der Waals surface area contributed by atoms with Gasteiger partial charge >= 0.3 is 5.97 Å². The molecule has 7 heteroatoms. The fraction of sp³-hybridized carbons (Fsp3) is 0.412. The van der Waals surface area contributed by atoms with Crippen LogP contribution in [0.1, 0.15) is 6.42 Å². The average Bonchev–Trinajstić information content (AvgIpc) is 2.88. The van der Waals surface area contributed by atoms with Crippen molar-refractivity contribution in [1.82, 2.24) is 9.38 Å². The van der Waals surface area contributed by atoms with Gasteiger partial charge in [0, 0.05) is 6.61 Å². The van der Waals surface area contributed by atoms with Gasteiger partial charge in [-0.25, -0.2) is 4.79 Å². The minimum Gasteiger partial charge on any atom is -0.477 e. The van der Waals surface area contributed by atoms with Crippen molar-refractivity contribution in [2.45, 2.75) is 11.8 Å². The molecular weight excluding hydrogens is 328 g/mol. The fourth-order valence-corrected chi connectivity index (χ4v) is 4.97. The number of β-lactam (4-membered cyclic amide) rings is 1. The summed E-state index contributed by atoms with van der Waals surface area (Å²) in [4.78, 5) is 26.0. The molecular formula is C17H21N2O4S+. The summed E-state index contributed by atoms with van der Waals surface area (Å²) in [5.41, 5.74) is 1.18. The first-order chi connectivity index (χ1) is 11.4. The molecule has 128 valence electrons. The molecule has 1 aromatic rings.